The fourth-order valence-electron chi connectivity index (χ4n) is 2.69. The van der Waals surface area contributed by atoms with Crippen LogP contribution in [0.2, 0.25) is 0 Å². The van der Waals surface area contributed by atoms with E-state index >= 15 is 0 Å². The van der Waals surface area contributed by atoms with Gasteiger partial charge in [-0.25, -0.2) is 9.18 Å². The average molecular weight is 401 g/mol. The van der Waals surface area contributed by atoms with E-state index in [1.54, 1.807) is 39.0 Å². The van der Waals surface area contributed by atoms with Crippen LogP contribution >= 0.6 is 0 Å². The molecule has 154 valence electrons. The van der Waals surface area contributed by atoms with Gasteiger partial charge in [-0.2, -0.15) is 0 Å². The van der Waals surface area contributed by atoms with Gasteiger partial charge in [0.15, 0.2) is 24.0 Å². The molecule has 0 bridgehead atoms. The molecule has 0 aliphatic heterocycles. The number of ketones is 1. The first-order chi connectivity index (χ1) is 13.7. The number of Topliss-reactive ketones (excluding diaryl/α,β-unsaturated/α-hetero) is 1. The zero-order valence-corrected chi connectivity index (χ0v) is 16.8. The molecule has 0 spiro atoms. The molecular weight excluding hydrogens is 377 g/mol. The number of esters is 1. The Labute approximate surface area is 169 Å². The lowest BCUT2D eigenvalue weighted by Gasteiger charge is -2.21. The van der Waals surface area contributed by atoms with Gasteiger partial charge in [0.2, 0.25) is 0 Å². The highest BCUT2D eigenvalue weighted by atomic mass is 19.1. The Kier molecular flexibility index (Phi) is 7.47. The summed E-state index contributed by atoms with van der Waals surface area (Å²) in [5, 5.41) is 2.66. The van der Waals surface area contributed by atoms with Crippen LogP contribution in [0.25, 0.3) is 0 Å². The van der Waals surface area contributed by atoms with Gasteiger partial charge in [0, 0.05) is 11.1 Å². The second-order valence-corrected chi connectivity index (χ2v) is 6.89. The summed E-state index contributed by atoms with van der Waals surface area (Å²) >= 11 is 0. The smallest absolute Gasteiger partial charge is 0.329 e. The van der Waals surface area contributed by atoms with Crippen molar-refractivity contribution >= 4 is 17.7 Å². The fourth-order valence-corrected chi connectivity index (χ4v) is 2.69. The Morgan fingerprint density at radius 1 is 1.10 bits per heavy atom. The first kappa shape index (κ1) is 22.1. The minimum Gasteiger partial charge on any atom is -0.494 e. The number of hydrogen-bond donors (Lipinski definition) is 1. The van der Waals surface area contributed by atoms with E-state index in [1.165, 1.54) is 19.2 Å². The predicted molar refractivity (Wildman–Crippen MR) is 106 cm³/mol. The van der Waals surface area contributed by atoms with Gasteiger partial charge in [-0.1, -0.05) is 32.0 Å². The second kappa shape index (κ2) is 9.82. The molecule has 2 aromatic carbocycles. The Balaban J connectivity index is 2.02. The van der Waals surface area contributed by atoms with E-state index in [0.717, 1.165) is 11.6 Å². The van der Waals surface area contributed by atoms with Gasteiger partial charge >= 0.3 is 5.97 Å². The van der Waals surface area contributed by atoms with Gasteiger partial charge in [-0.15, -0.1) is 0 Å². The number of amides is 1. The number of ether oxygens (including phenoxy) is 2. The zero-order valence-electron chi connectivity index (χ0n) is 16.8. The molecule has 1 atom stereocenters. The number of halogens is 1. The fraction of sp³-hybridized carbons (Fsp3) is 0.318. The van der Waals surface area contributed by atoms with Crippen LogP contribution in [0.15, 0.2) is 42.5 Å². The highest BCUT2D eigenvalue weighted by molar-refractivity contribution is 6.00. The van der Waals surface area contributed by atoms with Crippen LogP contribution in [-0.4, -0.2) is 37.4 Å². The molecular formula is C22H24FNO5. The van der Waals surface area contributed by atoms with Crippen molar-refractivity contribution in [3.63, 3.8) is 0 Å². The minimum absolute atomic E-state index is 0.0114. The van der Waals surface area contributed by atoms with E-state index in [1.807, 2.05) is 6.07 Å². The van der Waals surface area contributed by atoms with E-state index in [-0.39, 0.29) is 17.2 Å². The molecule has 0 radical (unpaired) electrons. The number of nitrogens with one attached hydrogen (secondary N) is 1. The summed E-state index contributed by atoms with van der Waals surface area (Å²) in [5.41, 5.74) is 1.29. The molecule has 2 rings (SSSR count). The Morgan fingerprint density at radius 3 is 2.38 bits per heavy atom. The maximum absolute atomic E-state index is 13.7. The maximum Gasteiger partial charge on any atom is 0.329 e. The molecule has 0 fully saturated rings. The van der Waals surface area contributed by atoms with Gasteiger partial charge in [-0.05, 0) is 42.7 Å². The molecule has 2 aromatic rings. The average Bonchev–Trinajstić information content (AvgIpc) is 2.69. The van der Waals surface area contributed by atoms with E-state index in [0.29, 0.717) is 5.56 Å². The van der Waals surface area contributed by atoms with Crippen LogP contribution in [0.1, 0.15) is 40.1 Å². The summed E-state index contributed by atoms with van der Waals surface area (Å²) in [7, 11) is 1.32. The molecule has 0 saturated heterocycles. The monoisotopic (exact) mass is 401 g/mol. The third kappa shape index (κ3) is 5.63. The number of carbonyl (C=O) groups excluding carboxylic acids is 3. The quantitative estimate of drug-likeness (QED) is 0.542. The van der Waals surface area contributed by atoms with Gasteiger partial charge < -0.3 is 14.8 Å². The third-order valence-corrected chi connectivity index (χ3v) is 4.42. The Bertz CT molecular complexity index is 910. The third-order valence-electron chi connectivity index (χ3n) is 4.42. The summed E-state index contributed by atoms with van der Waals surface area (Å²) in [6.45, 7) is 4.74. The molecule has 1 amide bonds. The molecule has 0 aromatic heterocycles. The summed E-state index contributed by atoms with van der Waals surface area (Å²) in [5.74, 6) is -2.63. The van der Waals surface area contributed by atoms with Crippen molar-refractivity contribution in [2.75, 3.05) is 13.7 Å². The van der Waals surface area contributed by atoms with Crippen molar-refractivity contribution in [2.45, 2.75) is 26.8 Å². The number of rotatable bonds is 8. The topological polar surface area (TPSA) is 81.7 Å². The Hall–Kier alpha value is -3.22. The lowest BCUT2D eigenvalue weighted by molar-refractivity contribution is -0.145. The first-order valence-corrected chi connectivity index (χ1v) is 9.14. The lowest BCUT2D eigenvalue weighted by Crippen LogP contribution is -2.45. The number of aryl methyl sites for hydroxylation is 1. The minimum atomic E-state index is -0.928. The van der Waals surface area contributed by atoms with Crippen LogP contribution < -0.4 is 10.1 Å². The van der Waals surface area contributed by atoms with Crippen molar-refractivity contribution in [1.82, 2.24) is 5.32 Å². The van der Waals surface area contributed by atoms with Crippen molar-refractivity contribution in [3.05, 3.63) is 65.0 Å². The molecule has 29 heavy (non-hydrogen) atoms. The van der Waals surface area contributed by atoms with Gasteiger partial charge in [0.1, 0.15) is 6.04 Å². The van der Waals surface area contributed by atoms with Crippen LogP contribution in [0.3, 0.4) is 0 Å². The van der Waals surface area contributed by atoms with Crippen LogP contribution in [-0.2, 0) is 9.53 Å². The van der Waals surface area contributed by atoms with E-state index < -0.39 is 36.1 Å². The van der Waals surface area contributed by atoms with E-state index in [4.69, 9.17) is 9.47 Å². The Morgan fingerprint density at radius 2 is 1.79 bits per heavy atom. The van der Waals surface area contributed by atoms with Crippen molar-refractivity contribution in [3.8, 4) is 5.75 Å². The van der Waals surface area contributed by atoms with Gasteiger partial charge in [-0.3, -0.25) is 9.59 Å². The van der Waals surface area contributed by atoms with Crippen LogP contribution in [0.4, 0.5) is 4.39 Å². The maximum atomic E-state index is 13.7. The first-order valence-electron chi connectivity index (χ1n) is 9.14. The molecule has 0 unspecified atom stereocenters. The number of carbonyl (C=O) groups is 3. The molecule has 0 aliphatic carbocycles. The summed E-state index contributed by atoms with van der Waals surface area (Å²) in [6, 6.07) is 9.81. The zero-order chi connectivity index (χ0) is 21.6. The molecule has 1 N–H and O–H groups in total. The van der Waals surface area contributed by atoms with Crippen LogP contribution in [0, 0.1) is 18.7 Å². The number of hydrogen-bond acceptors (Lipinski definition) is 5. The lowest BCUT2D eigenvalue weighted by atomic mass is 10.0. The summed E-state index contributed by atoms with van der Waals surface area (Å²) in [6.07, 6.45) is 0. The van der Waals surface area contributed by atoms with E-state index in [9.17, 15) is 18.8 Å². The van der Waals surface area contributed by atoms with Crippen molar-refractivity contribution in [1.29, 1.82) is 0 Å². The highest BCUT2D eigenvalue weighted by Gasteiger charge is 2.27. The highest BCUT2D eigenvalue weighted by Crippen LogP contribution is 2.18. The SMILES string of the molecule is COc1ccc(C(=O)COC(=O)[C@@H](NC(=O)c2ccccc2C)C(C)C)cc1F. The molecule has 7 heteroatoms. The van der Waals surface area contributed by atoms with Gasteiger partial charge in [0.05, 0.1) is 7.11 Å². The van der Waals surface area contributed by atoms with E-state index in [2.05, 4.69) is 5.32 Å². The van der Waals surface area contributed by atoms with Crippen LogP contribution in [0.5, 0.6) is 5.75 Å². The molecule has 0 saturated carbocycles. The standard InChI is InChI=1S/C22H24FNO5/c1-13(2)20(24-21(26)16-8-6-5-7-14(16)3)22(27)29-12-18(25)15-9-10-19(28-4)17(23)11-15/h5-11,13,20H,12H2,1-4H3,(H,24,26)/t20-/m0/s1. The summed E-state index contributed by atoms with van der Waals surface area (Å²) < 4.78 is 23.6. The van der Waals surface area contributed by atoms with Crippen molar-refractivity contribution < 1.29 is 28.2 Å². The van der Waals surface area contributed by atoms with Crippen molar-refractivity contribution in [2.24, 2.45) is 5.92 Å². The summed E-state index contributed by atoms with van der Waals surface area (Å²) in [4.78, 5) is 37.2. The van der Waals surface area contributed by atoms with Gasteiger partial charge in [0.25, 0.3) is 5.91 Å². The normalized spacial score (nSPS) is 11.7. The molecule has 0 heterocycles. The molecule has 0 aliphatic rings. The number of methoxy groups -OCH3 is 1. The second-order valence-electron chi connectivity index (χ2n) is 6.89. The largest absolute Gasteiger partial charge is 0.494 e. The predicted octanol–water partition coefficient (Wildman–Crippen LogP) is 3.32. The molecule has 6 nitrogen and oxygen atoms in total. The number of benzene rings is 2.